The molecule has 1 aliphatic rings. The topological polar surface area (TPSA) is 35.6 Å². The van der Waals surface area contributed by atoms with Crippen molar-refractivity contribution in [3.8, 4) is 0 Å². The smallest absolute Gasteiger partial charge is 0.225 e. The molecule has 1 fully saturated rings. The van der Waals surface area contributed by atoms with Crippen molar-refractivity contribution in [2.24, 2.45) is 0 Å². The van der Waals surface area contributed by atoms with Gasteiger partial charge in [-0.1, -0.05) is 19.1 Å². The fourth-order valence-corrected chi connectivity index (χ4v) is 4.02. The van der Waals surface area contributed by atoms with Crippen molar-refractivity contribution in [3.63, 3.8) is 0 Å². The van der Waals surface area contributed by atoms with E-state index in [4.69, 9.17) is 0 Å². The Morgan fingerprint density at radius 1 is 1.07 bits per heavy atom. The Balaban J connectivity index is 1.52. The molecule has 6 heteroatoms. The van der Waals surface area contributed by atoms with E-state index in [1.54, 1.807) is 23.9 Å². The van der Waals surface area contributed by atoms with E-state index in [9.17, 15) is 9.18 Å². The Morgan fingerprint density at radius 3 is 2.48 bits per heavy atom. The Bertz CT molecular complexity index is 745. The quantitative estimate of drug-likeness (QED) is 0.726. The normalized spacial score (nSPS) is 15.0. The van der Waals surface area contributed by atoms with Crippen molar-refractivity contribution in [1.29, 1.82) is 0 Å². The molecule has 0 bridgehead atoms. The predicted octanol–water partition coefficient (Wildman–Crippen LogP) is 4.09. The summed E-state index contributed by atoms with van der Waals surface area (Å²) in [5, 5.41) is 3.06. The first-order valence-corrected chi connectivity index (χ1v) is 10.4. The number of rotatable bonds is 7. The lowest BCUT2D eigenvalue weighted by molar-refractivity contribution is -0.115. The first kappa shape index (κ1) is 19.7. The highest BCUT2D eigenvalue weighted by molar-refractivity contribution is 7.99. The molecule has 0 aromatic heterocycles. The standard InChI is InChI=1S/C21H26FN3OS/c1-2-24-12-14-25(15-13-24)20-6-4-3-5-19(20)23-21(26)11-16-27-18-9-7-17(22)8-10-18/h3-10H,2,11-16H2,1H3,(H,23,26). The summed E-state index contributed by atoms with van der Waals surface area (Å²) >= 11 is 1.56. The third kappa shape index (κ3) is 5.71. The first-order valence-electron chi connectivity index (χ1n) is 9.40. The zero-order valence-electron chi connectivity index (χ0n) is 15.7. The summed E-state index contributed by atoms with van der Waals surface area (Å²) in [6.45, 7) is 7.31. The maximum atomic E-state index is 12.9. The SMILES string of the molecule is CCN1CCN(c2ccccc2NC(=O)CCSc2ccc(F)cc2)CC1. The third-order valence-electron chi connectivity index (χ3n) is 4.75. The molecule has 4 nitrogen and oxygen atoms in total. The van der Waals surface area contributed by atoms with E-state index < -0.39 is 0 Å². The largest absolute Gasteiger partial charge is 0.367 e. The van der Waals surface area contributed by atoms with Crippen molar-refractivity contribution in [2.45, 2.75) is 18.2 Å². The lowest BCUT2D eigenvalue weighted by Crippen LogP contribution is -2.46. The van der Waals surface area contributed by atoms with Gasteiger partial charge in [0.25, 0.3) is 0 Å². The van der Waals surface area contributed by atoms with Crippen LogP contribution in [0.5, 0.6) is 0 Å². The van der Waals surface area contributed by atoms with Crippen LogP contribution >= 0.6 is 11.8 Å². The number of anilines is 2. The van der Waals surface area contributed by atoms with Gasteiger partial charge in [0.2, 0.25) is 5.91 Å². The number of carbonyl (C=O) groups excluding carboxylic acids is 1. The number of thioether (sulfide) groups is 1. The van der Waals surface area contributed by atoms with Crippen LogP contribution in [-0.2, 0) is 4.79 Å². The van der Waals surface area contributed by atoms with Gasteiger partial charge in [-0.25, -0.2) is 4.39 Å². The fourth-order valence-electron chi connectivity index (χ4n) is 3.17. The van der Waals surface area contributed by atoms with Gasteiger partial charge in [0.1, 0.15) is 5.82 Å². The van der Waals surface area contributed by atoms with Gasteiger partial charge in [-0.3, -0.25) is 4.79 Å². The highest BCUT2D eigenvalue weighted by Crippen LogP contribution is 2.27. The van der Waals surface area contributed by atoms with Gasteiger partial charge in [-0.15, -0.1) is 11.8 Å². The van der Waals surface area contributed by atoms with Gasteiger partial charge in [0.15, 0.2) is 0 Å². The lowest BCUT2D eigenvalue weighted by atomic mass is 10.2. The number of nitrogens with one attached hydrogen (secondary N) is 1. The van der Waals surface area contributed by atoms with E-state index in [-0.39, 0.29) is 11.7 Å². The third-order valence-corrected chi connectivity index (χ3v) is 5.76. The van der Waals surface area contributed by atoms with Crippen molar-refractivity contribution in [2.75, 3.05) is 48.7 Å². The number of halogens is 1. The van der Waals surface area contributed by atoms with Gasteiger partial charge < -0.3 is 15.1 Å². The molecule has 1 heterocycles. The lowest BCUT2D eigenvalue weighted by Gasteiger charge is -2.36. The molecule has 0 unspecified atom stereocenters. The number of nitrogens with zero attached hydrogens (tertiary/aromatic N) is 2. The van der Waals surface area contributed by atoms with Crippen LogP contribution in [-0.4, -0.2) is 49.3 Å². The zero-order valence-corrected chi connectivity index (χ0v) is 16.5. The average molecular weight is 388 g/mol. The number of likely N-dealkylation sites (N-methyl/N-ethyl adjacent to an activating group) is 1. The Hall–Kier alpha value is -2.05. The maximum Gasteiger partial charge on any atom is 0.225 e. The maximum absolute atomic E-state index is 12.9. The van der Waals surface area contributed by atoms with E-state index >= 15 is 0 Å². The number of para-hydroxylation sites is 2. The fraction of sp³-hybridized carbons (Fsp3) is 0.381. The summed E-state index contributed by atoms with van der Waals surface area (Å²) in [5.74, 6) is 0.423. The van der Waals surface area contributed by atoms with E-state index in [2.05, 4.69) is 28.1 Å². The van der Waals surface area contributed by atoms with Gasteiger partial charge in [-0.2, -0.15) is 0 Å². The molecular formula is C21H26FN3OS. The molecule has 0 spiro atoms. The molecule has 2 aromatic carbocycles. The predicted molar refractivity (Wildman–Crippen MR) is 111 cm³/mol. The second kappa shape index (κ2) is 9.76. The van der Waals surface area contributed by atoms with Crippen molar-refractivity contribution >= 4 is 29.0 Å². The van der Waals surface area contributed by atoms with E-state index in [0.717, 1.165) is 49.0 Å². The minimum atomic E-state index is -0.242. The number of hydrogen-bond acceptors (Lipinski definition) is 4. The molecule has 144 valence electrons. The average Bonchev–Trinajstić information content (AvgIpc) is 2.70. The van der Waals surface area contributed by atoms with E-state index in [1.165, 1.54) is 12.1 Å². The minimum absolute atomic E-state index is 0.00394. The van der Waals surface area contributed by atoms with Crippen LogP contribution < -0.4 is 10.2 Å². The zero-order chi connectivity index (χ0) is 19.1. The van der Waals surface area contributed by atoms with Crippen LogP contribution in [0.1, 0.15) is 13.3 Å². The van der Waals surface area contributed by atoms with Crippen LogP contribution in [0.15, 0.2) is 53.4 Å². The number of benzene rings is 2. The van der Waals surface area contributed by atoms with Crippen molar-refractivity contribution in [1.82, 2.24) is 4.90 Å². The molecule has 27 heavy (non-hydrogen) atoms. The van der Waals surface area contributed by atoms with Crippen LogP contribution in [0.2, 0.25) is 0 Å². The summed E-state index contributed by atoms with van der Waals surface area (Å²) in [7, 11) is 0. The highest BCUT2D eigenvalue weighted by atomic mass is 32.2. The van der Waals surface area contributed by atoms with Crippen LogP contribution in [0.4, 0.5) is 15.8 Å². The van der Waals surface area contributed by atoms with Gasteiger partial charge in [0, 0.05) is 43.2 Å². The van der Waals surface area contributed by atoms with Gasteiger partial charge in [-0.05, 0) is 42.9 Å². The van der Waals surface area contributed by atoms with Gasteiger partial charge >= 0.3 is 0 Å². The Labute approximate surface area is 164 Å². The summed E-state index contributed by atoms with van der Waals surface area (Å²) in [6.07, 6.45) is 0.417. The van der Waals surface area contributed by atoms with Crippen molar-refractivity contribution < 1.29 is 9.18 Å². The summed E-state index contributed by atoms with van der Waals surface area (Å²) in [5.41, 5.74) is 1.96. The molecule has 1 saturated heterocycles. The van der Waals surface area contributed by atoms with Gasteiger partial charge in [0.05, 0.1) is 11.4 Å². The minimum Gasteiger partial charge on any atom is -0.367 e. The van der Waals surface area contributed by atoms with Crippen LogP contribution in [0.25, 0.3) is 0 Å². The number of piperazine rings is 1. The second-order valence-electron chi connectivity index (χ2n) is 6.54. The summed E-state index contributed by atoms with van der Waals surface area (Å²) in [6, 6.07) is 14.4. The molecule has 1 amide bonds. The molecule has 1 aliphatic heterocycles. The number of carbonyl (C=O) groups is 1. The highest BCUT2D eigenvalue weighted by Gasteiger charge is 2.18. The molecule has 2 aromatic rings. The molecule has 0 atom stereocenters. The van der Waals surface area contributed by atoms with Crippen LogP contribution in [0, 0.1) is 5.82 Å². The van der Waals surface area contributed by atoms with Crippen LogP contribution in [0.3, 0.4) is 0 Å². The molecule has 3 rings (SSSR count). The van der Waals surface area contributed by atoms with E-state index in [0.29, 0.717) is 12.2 Å². The molecule has 1 N–H and O–H groups in total. The Kier molecular flexibility index (Phi) is 7.12. The molecule has 0 aliphatic carbocycles. The molecule has 0 radical (unpaired) electrons. The van der Waals surface area contributed by atoms with E-state index in [1.807, 2.05) is 18.2 Å². The second-order valence-corrected chi connectivity index (χ2v) is 7.71. The summed E-state index contributed by atoms with van der Waals surface area (Å²) < 4.78 is 12.9. The number of amides is 1. The van der Waals surface area contributed by atoms with Crippen molar-refractivity contribution in [3.05, 3.63) is 54.3 Å². The molecule has 0 saturated carbocycles. The Morgan fingerprint density at radius 2 is 1.78 bits per heavy atom. The first-order chi connectivity index (χ1) is 13.2. The monoisotopic (exact) mass is 387 g/mol. The molecular weight excluding hydrogens is 361 g/mol. The number of hydrogen-bond donors (Lipinski definition) is 1. The summed E-state index contributed by atoms with van der Waals surface area (Å²) in [4.78, 5) is 18.1.